The molecule has 2 aromatic carbocycles. The predicted octanol–water partition coefficient (Wildman–Crippen LogP) is 1.53. The van der Waals surface area contributed by atoms with E-state index in [9.17, 15) is 19.9 Å². The average Bonchev–Trinajstić information content (AvgIpc) is 2.43. The molecular formula is C14H14N2O4. The number of hydrogen-bond acceptors (Lipinski definition) is 4. The number of hydrogen-bond donors (Lipinski definition) is 3. The Bertz CT molecular complexity index is 669. The van der Waals surface area contributed by atoms with E-state index in [1.54, 1.807) is 18.2 Å². The summed E-state index contributed by atoms with van der Waals surface area (Å²) in [5, 5.41) is 21.6. The van der Waals surface area contributed by atoms with Crippen molar-refractivity contribution in [1.29, 1.82) is 0 Å². The molecule has 0 fully saturated rings. The van der Waals surface area contributed by atoms with Crippen molar-refractivity contribution in [3.63, 3.8) is 0 Å². The molecule has 0 heterocycles. The number of aromatic hydroxyl groups is 1. The maximum Gasteiger partial charge on any atom is 0.251 e. The molecule has 0 bridgehead atoms. The number of rotatable bonds is 4. The first kappa shape index (κ1) is 13.8. The zero-order valence-corrected chi connectivity index (χ0v) is 10.6. The van der Waals surface area contributed by atoms with Crippen molar-refractivity contribution >= 4 is 28.3 Å². The van der Waals surface area contributed by atoms with Crippen LogP contribution in [-0.2, 0) is 9.59 Å². The van der Waals surface area contributed by atoms with Gasteiger partial charge in [-0.25, -0.2) is 0 Å². The Morgan fingerprint density at radius 1 is 1.10 bits per heavy atom. The van der Waals surface area contributed by atoms with Gasteiger partial charge in [0.05, 0.1) is 0 Å². The highest BCUT2D eigenvalue weighted by Crippen LogP contribution is 2.31. The maximum absolute atomic E-state index is 11.7. The minimum Gasteiger partial charge on any atom is -0.506 e. The van der Waals surface area contributed by atoms with Gasteiger partial charge in [0.15, 0.2) is 0 Å². The van der Waals surface area contributed by atoms with Crippen LogP contribution < -0.4 is 10.8 Å². The van der Waals surface area contributed by atoms with E-state index in [2.05, 4.69) is 0 Å². The largest absolute Gasteiger partial charge is 0.506 e. The lowest BCUT2D eigenvalue weighted by molar-refractivity contribution is -0.126. The summed E-state index contributed by atoms with van der Waals surface area (Å²) < 4.78 is 0. The van der Waals surface area contributed by atoms with Crippen molar-refractivity contribution in [3.8, 4) is 5.75 Å². The third kappa shape index (κ3) is 2.86. The van der Waals surface area contributed by atoms with E-state index in [4.69, 9.17) is 5.73 Å². The van der Waals surface area contributed by atoms with Crippen LogP contribution in [0.2, 0.25) is 0 Å². The first-order valence-electron chi connectivity index (χ1n) is 6.01. The van der Waals surface area contributed by atoms with Gasteiger partial charge in [-0.3, -0.25) is 14.8 Å². The number of hydroxylamine groups is 1. The van der Waals surface area contributed by atoms with Gasteiger partial charge in [-0.05, 0) is 22.9 Å². The van der Waals surface area contributed by atoms with E-state index in [1.165, 1.54) is 12.1 Å². The molecule has 6 heteroatoms. The molecule has 0 atom stereocenters. The molecule has 0 aliphatic carbocycles. The third-order valence-corrected chi connectivity index (χ3v) is 2.89. The summed E-state index contributed by atoms with van der Waals surface area (Å²) in [7, 11) is 0. The number of primary amides is 1. The fraction of sp³-hybridized carbons (Fsp3) is 0.143. The van der Waals surface area contributed by atoms with Crippen molar-refractivity contribution in [2.24, 2.45) is 5.73 Å². The molecule has 104 valence electrons. The van der Waals surface area contributed by atoms with Crippen LogP contribution in [0, 0.1) is 0 Å². The molecule has 4 N–H and O–H groups in total. The summed E-state index contributed by atoms with van der Waals surface area (Å²) in [4.78, 5) is 22.3. The van der Waals surface area contributed by atoms with Crippen molar-refractivity contribution in [3.05, 3.63) is 36.4 Å². The molecule has 2 amide bonds. The summed E-state index contributed by atoms with van der Waals surface area (Å²) in [5.41, 5.74) is 4.91. The Balaban J connectivity index is 2.29. The van der Waals surface area contributed by atoms with Crippen LogP contribution in [0.4, 0.5) is 5.69 Å². The molecule has 2 aromatic rings. The molecule has 0 radical (unpaired) electrons. The minimum absolute atomic E-state index is 0.0295. The van der Waals surface area contributed by atoms with Gasteiger partial charge in [0, 0.05) is 12.8 Å². The van der Waals surface area contributed by atoms with E-state index in [1.807, 2.05) is 6.07 Å². The molecule has 2 rings (SSSR count). The van der Waals surface area contributed by atoms with E-state index in [0.717, 1.165) is 10.8 Å². The molecular weight excluding hydrogens is 260 g/mol. The highest BCUT2D eigenvalue weighted by molar-refractivity contribution is 5.98. The monoisotopic (exact) mass is 274 g/mol. The van der Waals surface area contributed by atoms with Gasteiger partial charge >= 0.3 is 0 Å². The number of carbonyl (C=O) groups is 2. The average molecular weight is 274 g/mol. The minimum atomic E-state index is -0.714. The summed E-state index contributed by atoms with van der Waals surface area (Å²) >= 11 is 0. The number of phenolic OH excluding ortho intramolecular Hbond substituents is 1. The fourth-order valence-corrected chi connectivity index (χ4v) is 1.86. The predicted molar refractivity (Wildman–Crippen MR) is 73.3 cm³/mol. The Hall–Kier alpha value is -2.60. The van der Waals surface area contributed by atoms with Gasteiger partial charge in [0.2, 0.25) is 5.91 Å². The van der Waals surface area contributed by atoms with Crippen LogP contribution >= 0.6 is 0 Å². The number of anilines is 1. The van der Waals surface area contributed by atoms with Crippen molar-refractivity contribution in [1.82, 2.24) is 0 Å². The van der Waals surface area contributed by atoms with Gasteiger partial charge < -0.3 is 10.8 Å². The standard InChI is InChI=1S/C14H14N2O4/c15-13(18)5-6-14(19)16(20)11-7-9-3-1-2-4-10(9)8-12(11)17/h1-4,7-8,17,20H,5-6H2,(H2,15,18). The number of fused-ring (bicyclic) bond motifs is 1. The number of nitrogens with two attached hydrogens (primary N) is 1. The highest BCUT2D eigenvalue weighted by atomic mass is 16.5. The zero-order valence-electron chi connectivity index (χ0n) is 10.6. The summed E-state index contributed by atoms with van der Waals surface area (Å²) in [6, 6.07) is 10.2. The topological polar surface area (TPSA) is 104 Å². The SMILES string of the molecule is NC(=O)CCC(=O)N(O)c1cc2ccccc2cc1O. The number of phenols is 1. The fourth-order valence-electron chi connectivity index (χ4n) is 1.86. The van der Waals surface area contributed by atoms with Crippen LogP contribution in [0.15, 0.2) is 36.4 Å². The first-order valence-corrected chi connectivity index (χ1v) is 6.01. The molecule has 0 unspecified atom stereocenters. The molecule has 6 nitrogen and oxygen atoms in total. The lowest BCUT2D eigenvalue weighted by atomic mass is 10.1. The maximum atomic E-state index is 11.7. The Morgan fingerprint density at radius 2 is 1.70 bits per heavy atom. The second kappa shape index (κ2) is 5.58. The second-order valence-corrected chi connectivity index (χ2v) is 4.36. The summed E-state index contributed by atoms with van der Waals surface area (Å²) in [6.07, 6.45) is -0.387. The molecule has 20 heavy (non-hydrogen) atoms. The van der Waals surface area contributed by atoms with Crippen molar-refractivity contribution in [2.75, 3.05) is 5.06 Å². The van der Waals surface area contributed by atoms with E-state index < -0.39 is 11.8 Å². The molecule has 0 spiro atoms. The number of amides is 2. The van der Waals surface area contributed by atoms with Gasteiger partial charge in [-0.1, -0.05) is 24.3 Å². The number of benzene rings is 2. The van der Waals surface area contributed by atoms with Crippen LogP contribution in [0.25, 0.3) is 10.8 Å². The summed E-state index contributed by atoms with van der Waals surface area (Å²) in [5.74, 6) is -1.57. The lowest BCUT2D eigenvalue weighted by Gasteiger charge is -2.16. The van der Waals surface area contributed by atoms with Gasteiger partial charge in [0.1, 0.15) is 11.4 Å². The van der Waals surface area contributed by atoms with Crippen LogP contribution in [-0.4, -0.2) is 22.1 Å². The Morgan fingerprint density at radius 3 is 2.30 bits per heavy atom. The van der Waals surface area contributed by atoms with Crippen LogP contribution in [0.3, 0.4) is 0 Å². The third-order valence-electron chi connectivity index (χ3n) is 2.89. The quantitative estimate of drug-likeness (QED) is 0.581. The number of carbonyl (C=O) groups excluding carboxylic acids is 2. The van der Waals surface area contributed by atoms with Gasteiger partial charge in [0.25, 0.3) is 5.91 Å². The molecule has 0 saturated carbocycles. The molecule has 0 aliphatic rings. The smallest absolute Gasteiger partial charge is 0.251 e. The van der Waals surface area contributed by atoms with E-state index in [0.29, 0.717) is 5.06 Å². The van der Waals surface area contributed by atoms with Gasteiger partial charge in [-0.2, -0.15) is 5.06 Å². The van der Waals surface area contributed by atoms with Crippen LogP contribution in [0.1, 0.15) is 12.8 Å². The molecule has 0 saturated heterocycles. The van der Waals surface area contributed by atoms with E-state index >= 15 is 0 Å². The first-order chi connectivity index (χ1) is 9.49. The zero-order chi connectivity index (χ0) is 14.7. The molecule has 0 aliphatic heterocycles. The Kier molecular flexibility index (Phi) is 3.86. The van der Waals surface area contributed by atoms with Crippen LogP contribution in [0.5, 0.6) is 5.75 Å². The number of nitrogens with zero attached hydrogens (tertiary/aromatic N) is 1. The summed E-state index contributed by atoms with van der Waals surface area (Å²) in [6.45, 7) is 0. The normalized spacial score (nSPS) is 10.4. The Labute approximate surface area is 115 Å². The highest BCUT2D eigenvalue weighted by Gasteiger charge is 2.18. The van der Waals surface area contributed by atoms with Crippen molar-refractivity contribution < 1.29 is 19.9 Å². The molecule has 0 aromatic heterocycles. The second-order valence-electron chi connectivity index (χ2n) is 4.36. The van der Waals surface area contributed by atoms with Crippen molar-refractivity contribution in [2.45, 2.75) is 12.8 Å². The van der Waals surface area contributed by atoms with E-state index in [-0.39, 0.29) is 24.3 Å². The van der Waals surface area contributed by atoms with Gasteiger partial charge in [-0.15, -0.1) is 0 Å². The lowest BCUT2D eigenvalue weighted by Crippen LogP contribution is -2.28.